The Kier molecular flexibility index (Phi) is 4.23. The van der Waals surface area contributed by atoms with Crippen LogP contribution in [0, 0.1) is 11.8 Å². The third-order valence-corrected chi connectivity index (χ3v) is 6.00. The minimum atomic E-state index is -0.474. The first-order valence-corrected chi connectivity index (χ1v) is 8.77. The molecule has 1 aromatic rings. The molecule has 0 aliphatic heterocycles. The Hall–Kier alpha value is -0.410. The molecule has 0 aromatic carbocycles. The first-order valence-electron chi connectivity index (χ1n) is 7.89. The lowest BCUT2D eigenvalue weighted by Gasteiger charge is -2.45. The van der Waals surface area contributed by atoms with E-state index < -0.39 is 5.60 Å². The van der Waals surface area contributed by atoms with E-state index in [1.165, 1.54) is 51.4 Å². The van der Waals surface area contributed by atoms with Crippen molar-refractivity contribution in [2.24, 2.45) is 11.8 Å². The fourth-order valence-corrected chi connectivity index (χ4v) is 5.02. The second-order valence-corrected chi connectivity index (χ2v) is 7.44. The van der Waals surface area contributed by atoms with Gasteiger partial charge in [0.05, 0.1) is 10.6 Å². The molecule has 106 valence electrons. The van der Waals surface area contributed by atoms with Crippen LogP contribution in [-0.4, -0.2) is 15.7 Å². The van der Waals surface area contributed by atoms with E-state index in [0.717, 1.165) is 23.8 Å². The molecule has 2 fully saturated rings. The fraction of sp³-hybridized carbons (Fsp3) is 0.812. The number of thiazole rings is 1. The van der Waals surface area contributed by atoms with Gasteiger partial charge in [0.25, 0.3) is 0 Å². The lowest BCUT2D eigenvalue weighted by Crippen LogP contribution is -2.46. The quantitative estimate of drug-likeness (QED) is 0.900. The zero-order valence-electron chi connectivity index (χ0n) is 11.7. The Balaban J connectivity index is 1.75. The van der Waals surface area contributed by atoms with E-state index in [1.807, 2.05) is 11.6 Å². The van der Waals surface area contributed by atoms with Crippen molar-refractivity contribution in [1.29, 1.82) is 0 Å². The smallest absolute Gasteiger partial charge is 0.0953 e. The van der Waals surface area contributed by atoms with Crippen molar-refractivity contribution >= 4 is 11.3 Å². The fourth-order valence-electron chi connectivity index (χ4n) is 4.28. The molecule has 2 atom stereocenters. The number of aliphatic hydroxyl groups is 1. The Bertz CT molecular complexity index is 385. The maximum atomic E-state index is 11.2. The molecular weight excluding hydrogens is 254 g/mol. The molecule has 0 bridgehead atoms. The van der Waals surface area contributed by atoms with Crippen LogP contribution in [0.3, 0.4) is 0 Å². The van der Waals surface area contributed by atoms with E-state index >= 15 is 0 Å². The van der Waals surface area contributed by atoms with Crippen LogP contribution in [0.15, 0.2) is 11.6 Å². The molecule has 1 N–H and O–H groups in total. The number of aromatic nitrogens is 1. The van der Waals surface area contributed by atoms with E-state index in [4.69, 9.17) is 0 Å². The predicted octanol–water partition coefficient (Wildman–Crippen LogP) is 4.19. The summed E-state index contributed by atoms with van der Waals surface area (Å²) in [4.78, 5) is 4.39. The summed E-state index contributed by atoms with van der Waals surface area (Å²) in [7, 11) is 0. The van der Waals surface area contributed by atoms with Crippen molar-refractivity contribution < 1.29 is 5.11 Å². The Morgan fingerprint density at radius 2 is 1.95 bits per heavy atom. The molecule has 2 unspecified atom stereocenters. The molecule has 0 radical (unpaired) electrons. The number of rotatable bonds is 3. The molecular formula is C16H25NOS. The molecule has 1 aromatic heterocycles. The second-order valence-electron chi connectivity index (χ2n) is 6.46. The number of hydrogen-bond donors (Lipinski definition) is 1. The van der Waals surface area contributed by atoms with Crippen LogP contribution >= 0.6 is 11.3 Å². The summed E-state index contributed by atoms with van der Waals surface area (Å²) in [6.07, 6.45) is 14.2. The van der Waals surface area contributed by atoms with Gasteiger partial charge in [-0.2, -0.15) is 0 Å². The summed E-state index contributed by atoms with van der Waals surface area (Å²) >= 11 is 1.69. The SMILES string of the molecule is OC1(Cc2nccs2)CCCCC1C1CCCCC1. The van der Waals surface area contributed by atoms with Crippen molar-refractivity contribution in [3.63, 3.8) is 0 Å². The number of nitrogens with zero attached hydrogens (tertiary/aromatic N) is 1. The van der Waals surface area contributed by atoms with Crippen molar-refractivity contribution in [3.05, 3.63) is 16.6 Å². The first-order chi connectivity index (χ1) is 9.28. The second kappa shape index (κ2) is 5.92. The van der Waals surface area contributed by atoms with E-state index in [9.17, 15) is 5.11 Å². The highest BCUT2D eigenvalue weighted by Gasteiger charge is 2.43. The zero-order valence-corrected chi connectivity index (χ0v) is 12.5. The highest BCUT2D eigenvalue weighted by atomic mass is 32.1. The van der Waals surface area contributed by atoms with Gasteiger partial charge in [-0.3, -0.25) is 0 Å². The van der Waals surface area contributed by atoms with Gasteiger partial charge in [0.2, 0.25) is 0 Å². The van der Waals surface area contributed by atoms with Crippen molar-refractivity contribution in [2.45, 2.75) is 69.8 Å². The summed E-state index contributed by atoms with van der Waals surface area (Å²) in [5, 5.41) is 14.4. The summed E-state index contributed by atoms with van der Waals surface area (Å²) in [6, 6.07) is 0. The maximum Gasteiger partial charge on any atom is 0.0953 e. The number of hydrogen-bond acceptors (Lipinski definition) is 3. The molecule has 0 saturated heterocycles. The lowest BCUT2D eigenvalue weighted by molar-refractivity contribution is -0.0766. The summed E-state index contributed by atoms with van der Waals surface area (Å²) in [5.74, 6) is 1.28. The van der Waals surface area contributed by atoms with Crippen LogP contribution in [-0.2, 0) is 6.42 Å². The van der Waals surface area contributed by atoms with Gasteiger partial charge < -0.3 is 5.11 Å². The maximum absolute atomic E-state index is 11.2. The monoisotopic (exact) mass is 279 g/mol. The zero-order chi connectivity index (χ0) is 13.1. The van der Waals surface area contributed by atoms with Crippen molar-refractivity contribution in [3.8, 4) is 0 Å². The minimum Gasteiger partial charge on any atom is -0.389 e. The van der Waals surface area contributed by atoms with Crippen LogP contribution in [0.4, 0.5) is 0 Å². The summed E-state index contributed by atoms with van der Waals surface area (Å²) in [5.41, 5.74) is -0.474. The van der Waals surface area contributed by atoms with E-state index in [2.05, 4.69) is 4.98 Å². The summed E-state index contributed by atoms with van der Waals surface area (Å²) in [6.45, 7) is 0. The van der Waals surface area contributed by atoms with Crippen molar-refractivity contribution in [2.75, 3.05) is 0 Å². The molecule has 1 heterocycles. The summed E-state index contributed by atoms with van der Waals surface area (Å²) < 4.78 is 0. The Labute approximate surface area is 120 Å². The van der Waals surface area contributed by atoms with Crippen LogP contribution < -0.4 is 0 Å². The molecule has 0 amide bonds. The Morgan fingerprint density at radius 1 is 1.16 bits per heavy atom. The predicted molar refractivity (Wildman–Crippen MR) is 79.3 cm³/mol. The van der Waals surface area contributed by atoms with Gasteiger partial charge in [0.15, 0.2) is 0 Å². The van der Waals surface area contributed by atoms with Gasteiger partial charge in [0, 0.05) is 18.0 Å². The van der Waals surface area contributed by atoms with E-state index in [1.54, 1.807) is 11.3 Å². The topological polar surface area (TPSA) is 33.1 Å². The van der Waals surface area contributed by atoms with Gasteiger partial charge in [-0.1, -0.05) is 44.9 Å². The van der Waals surface area contributed by atoms with Gasteiger partial charge in [-0.15, -0.1) is 11.3 Å². The van der Waals surface area contributed by atoms with Gasteiger partial charge in [0.1, 0.15) is 0 Å². The van der Waals surface area contributed by atoms with Gasteiger partial charge >= 0.3 is 0 Å². The molecule has 3 heteroatoms. The van der Waals surface area contributed by atoms with Crippen molar-refractivity contribution in [1.82, 2.24) is 4.98 Å². The third kappa shape index (κ3) is 3.03. The highest BCUT2D eigenvalue weighted by Crippen LogP contribution is 2.45. The highest BCUT2D eigenvalue weighted by molar-refractivity contribution is 7.09. The molecule has 2 saturated carbocycles. The molecule has 2 aliphatic rings. The third-order valence-electron chi connectivity index (χ3n) is 5.22. The molecule has 19 heavy (non-hydrogen) atoms. The van der Waals surface area contributed by atoms with Gasteiger partial charge in [-0.05, 0) is 24.7 Å². The van der Waals surface area contributed by atoms with Crippen LogP contribution in [0.25, 0.3) is 0 Å². The Morgan fingerprint density at radius 3 is 2.68 bits per heavy atom. The van der Waals surface area contributed by atoms with Crippen LogP contribution in [0.1, 0.15) is 62.8 Å². The van der Waals surface area contributed by atoms with Crippen LogP contribution in [0.2, 0.25) is 0 Å². The molecule has 0 spiro atoms. The minimum absolute atomic E-state index is 0.474. The normalized spacial score (nSPS) is 33.4. The standard InChI is InChI=1S/C16H25NOS/c18-16(12-15-17-10-11-19-15)9-5-4-8-14(16)13-6-2-1-3-7-13/h10-11,13-14,18H,1-9,12H2. The average molecular weight is 279 g/mol. The van der Waals surface area contributed by atoms with E-state index in [0.29, 0.717) is 5.92 Å². The molecule has 2 nitrogen and oxygen atoms in total. The van der Waals surface area contributed by atoms with E-state index in [-0.39, 0.29) is 0 Å². The lowest BCUT2D eigenvalue weighted by atomic mass is 9.64. The van der Waals surface area contributed by atoms with Crippen LogP contribution in [0.5, 0.6) is 0 Å². The van der Waals surface area contributed by atoms with Gasteiger partial charge in [-0.25, -0.2) is 4.98 Å². The molecule has 2 aliphatic carbocycles. The average Bonchev–Trinajstić information content (AvgIpc) is 2.92. The first kappa shape index (κ1) is 13.6. The molecule has 3 rings (SSSR count). The largest absolute Gasteiger partial charge is 0.389 e.